The lowest BCUT2D eigenvalue weighted by Gasteiger charge is -2.18. The highest BCUT2D eigenvalue weighted by molar-refractivity contribution is 5.75. The van der Waals surface area contributed by atoms with E-state index in [1.165, 1.54) is 17.2 Å². The van der Waals surface area contributed by atoms with Crippen LogP contribution in [-0.4, -0.2) is 22.2 Å². The minimum absolute atomic E-state index is 0.0455. The van der Waals surface area contributed by atoms with Gasteiger partial charge in [-0.15, -0.1) is 0 Å². The Morgan fingerprint density at radius 3 is 2.68 bits per heavy atom. The van der Waals surface area contributed by atoms with E-state index in [0.717, 1.165) is 12.0 Å². The molecular formula is C20H21N3O2. The van der Waals surface area contributed by atoms with Crippen LogP contribution >= 0.6 is 0 Å². The van der Waals surface area contributed by atoms with Gasteiger partial charge in [0.15, 0.2) is 0 Å². The van der Waals surface area contributed by atoms with Crippen molar-refractivity contribution in [3.63, 3.8) is 0 Å². The molecule has 1 aromatic carbocycles. The topological polar surface area (TPSA) is 64.0 Å². The molecule has 0 spiro atoms. The van der Waals surface area contributed by atoms with Crippen molar-refractivity contribution < 1.29 is 4.79 Å². The number of nitrogens with zero attached hydrogens (tertiary/aromatic N) is 2. The van der Waals surface area contributed by atoms with Gasteiger partial charge < -0.3 is 5.32 Å². The van der Waals surface area contributed by atoms with Crippen molar-refractivity contribution in [3.8, 4) is 11.3 Å². The molecule has 1 saturated carbocycles. The van der Waals surface area contributed by atoms with E-state index in [0.29, 0.717) is 30.0 Å². The Hall–Kier alpha value is -2.69. The maximum Gasteiger partial charge on any atom is 0.267 e. The van der Waals surface area contributed by atoms with Gasteiger partial charge in [0.05, 0.1) is 5.69 Å². The first-order valence-electron chi connectivity index (χ1n) is 8.77. The Morgan fingerprint density at radius 2 is 1.96 bits per heavy atom. The number of amides is 1. The largest absolute Gasteiger partial charge is 0.354 e. The lowest BCUT2D eigenvalue weighted by Crippen LogP contribution is -2.36. The van der Waals surface area contributed by atoms with E-state index in [4.69, 9.17) is 0 Å². The lowest BCUT2D eigenvalue weighted by atomic mass is 9.94. The van der Waals surface area contributed by atoms with Crippen molar-refractivity contribution in [1.82, 2.24) is 15.1 Å². The normalized spacial score (nSPS) is 23.8. The molecule has 1 fully saturated rings. The standard InChI is InChI=1S/C20H21N3O2/c24-19(21-12-17-11-14-6-7-16(17)10-14)13-23-20(25)9-8-18(22-23)15-4-2-1-3-5-15/h1-9,14,16-17H,10-13H2,(H,21,24)/t14-,16+,17+/m1/s1. The predicted molar refractivity (Wildman–Crippen MR) is 95.8 cm³/mol. The number of fused-ring (bicyclic) bond motifs is 2. The minimum Gasteiger partial charge on any atom is -0.354 e. The van der Waals surface area contributed by atoms with Gasteiger partial charge in [-0.25, -0.2) is 4.68 Å². The van der Waals surface area contributed by atoms with Crippen molar-refractivity contribution >= 4 is 5.91 Å². The van der Waals surface area contributed by atoms with Crippen LogP contribution in [0.2, 0.25) is 0 Å². The number of benzene rings is 1. The molecule has 128 valence electrons. The zero-order chi connectivity index (χ0) is 17.2. The quantitative estimate of drug-likeness (QED) is 0.852. The molecule has 4 rings (SSSR count). The first-order valence-corrected chi connectivity index (χ1v) is 8.77. The number of allylic oxidation sites excluding steroid dienone is 2. The van der Waals surface area contributed by atoms with E-state index in [2.05, 4.69) is 22.6 Å². The van der Waals surface area contributed by atoms with E-state index in [-0.39, 0.29) is 18.0 Å². The Morgan fingerprint density at radius 1 is 1.12 bits per heavy atom. The van der Waals surface area contributed by atoms with Crippen molar-refractivity contribution in [2.75, 3.05) is 6.54 Å². The SMILES string of the molecule is O=C(Cn1nc(-c2ccccc2)ccc1=O)NC[C@@H]1C[C@@H]2C=C[C@H]1C2. The Labute approximate surface area is 146 Å². The summed E-state index contributed by atoms with van der Waals surface area (Å²) < 4.78 is 1.23. The van der Waals surface area contributed by atoms with E-state index in [9.17, 15) is 9.59 Å². The fourth-order valence-corrected chi connectivity index (χ4v) is 3.89. The zero-order valence-corrected chi connectivity index (χ0v) is 14.0. The third kappa shape index (κ3) is 3.40. The molecular weight excluding hydrogens is 314 g/mol. The molecule has 0 radical (unpaired) electrons. The summed E-state index contributed by atoms with van der Waals surface area (Å²) in [5, 5.41) is 7.30. The average molecular weight is 335 g/mol. The molecule has 3 atom stereocenters. The van der Waals surface area contributed by atoms with Crippen molar-refractivity contribution in [2.24, 2.45) is 17.8 Å². The van der Waals surface area contributed by atoms with Crippen LogP contribution in [0, 0.1) is 17.8 Å². The summed E-state index contributed by atoms with van der Waals surface area (Å²) in [6.45, 7) is 0.633. The van der Waals surface area contributed by atoms with Crippen LogP contribution in [0.3, 0.4) is 0 Å². The predicted octanol–water partition coefficient (Wildman–Crippen LogP) is 2.24. The van der Waals surface area contributed by atoms with Crippen LogP contribution < -0.4 is 10.9 Å². The van der Waals surface area contributed by atoms with Gasteiger partial charge in [0.2, 0.25) is 5.91 Å². The summed E-state index contributed by atoms with van der Waals surface area (Å²) in [5.41, 5.74) is 1.34. The highest BCUT2D eigenvalue weighted by Crippen LogP contribution is 2.42. The van der Waals surface area contributed by atoms with Crippen molar-refractivity contribution in [1.29, 1.82) is 0 Å². The summed E-state index contributed by atoms with van der Waals surface area (Å²) in [5.74, 6) is 1.66. The molecule has 25 heavy (non-hydrogen) atoms. The van der Waals surface area contributed by atoms with Crippen LogP contribution in [0.4, 0.5) is 0 Å². The second kappa shape index (κ2) is 6.67. The summed E-state index contributed by atoms with van der Waals surface area (Å²) in [6, 6.07) is 12.8. The van der Waals surface area contributed by atoms with Gasteiger partial charge in [0.1, 0.15) is 6.54 Å². The van der Waals surface area contributed by atoms with Gasteiger partial charge in [0, 0.05) is 18.2 Å². The van der Waals surface area contributed by atoms with Crippen LogP contribution in [0.25, 0.3) is 11.3 Å². The smallest absolute Gasteiger partial charge is 0.267 e. The number of hydrogen-bond donors (Lipinski definition) is 1. The van der Waals surface area contributed by atoms with Gasteiger partial charge in [-0.2, -0.15) is 5.10 Å². The first kappa shape index (κ1) is 15.8. The minimum atomic E-state index is -0.266. The molecule has 5 heteroatoms. The van der Waals surface area contributed by atoms with Crippen LogP contribution in [0.5, 0.6) is 0 Å². The monoisotopic (exact) mass is 335 g/mol. The summed E-state index contributed by atoms with van der Waals surface area (Å²) >= 11 is 0. The molecule has 2 aliphatic rings. The number of nitrogens with one attached hydrogen (secondary N) is 1. The lowest BCUT2D eigenvalue weighted by molar-refractivity contribution is -0.122. The molecule has 2 aromatic rings. The van der Waals surface area contributed by atoms with Crippen LogP contribution in [-0.2, 0) is 11.3 Å². The van der Waals surface area contributed by atoms with E-state index in [1.807, 2.05) is 30.3 Å². The third-order valence-electron chi connectivity index (χ3n) is 5.21. The van der Waals surface area contributed by atoms with Crippen molar-refractivity contribution in [3.05, 3.63) is 65.0 Å². The molecule has 1 amide bonds. The molecule has 2 aliphatic carbocycles. The number of hydrogen-bond acceptors (Lipinski definition) is 3. The van der Waals surface area contributed by atoms with E-state index in [1.54, 1.807) is 6.07 Å². The molecule has 0 saturated heterocycles. The maximum absolute atomic E-state index is 12.2. The van der Waals surface area contributed by atoms with E-state index >= 15 is 0 Å². The molecule has 0 aliphatic heterocycles. The summed E-state index contributed by atoms with van der Waals surface area (Å²) in [7, 11) is 0. The number of carbonyl (C=O) groups is 1. The fraction of sp³-hybridized carbons (Fsp3) is 0.350. The average Bonchev–Trinajstić information content (AvgIpc) is 3.26. The first-order chi connectivity index (χ1) is 12.2. The highest BCUT2D eigenvalue weighted by Gasteiger charge is 2.35. The second-order valence-corrected chi connectivity index (χ2v) is 6.92. The third-order valence-corrected chi connectivity index (χ3v) is 5.21. The molecule has 1 N–H and O–H groups in total. The zero-order valence-electron chi connectivity index (χ0n) is 14.0. The highest BCUT2D eigenvalue weighted by atomic mass is 16.2. The molecule has 0 unspecified atom stereocenters. The van der Waals surface area contributed by atoms with Crippen LogP contribution in [0.15, 0.2) is 59.4 Å². The van der Waals surface area contributed by atoms with Gasteiger partial charge in [-0.3, -0.25) is 9.59 Å². The van der Waals surface area contributed by atoms with Gasteiger partial charge in [-0.1, -0.05) is 42.5 Å². The number of carbonyl (C=O) groups excluding carboxylic acids is 1. The maximum atomic E-state index is 12.2. The Kier molecular flexibility index (Phi) is 4.22. The van der Waals surface area contributed by atoms with Crippen molar-refractivity contribution in [2.45, 2.75) is 19.4 Å². The molecule has 1 heterocycles. The van der Waals surface area contributed by atoms with Gasteiger partial charge >= 0.3 is 0 Å². The van der Waals surface area contributed by atoms with Gasteiger partial charge in [0.25, 0.3) is 5.56 Å². The summed E-state index contributed by atoms with van der Waals surface area (Å²) in [4.78, 5) is 24.3. The number of rotatable bonds is 5. The fourth-order valence-electron chi connectivity index (χ4n) is 3.89. The van der Waals surface area contributed by atoms with E-state index < -0.39 is 0 Å². The molecule has 5 nitrogen and oxygen atoms in total. The molecule has 1 aromatic heterocycles. The Balaban J connectivity index is 1.40. The van der Waals surface area contributed by atoms with Crippen LogP contribution in [0.1, 0.15) is 12.8 Å². The second-order valence-electron chi connectivity index (χ2n) is 6.92. The van der Waals surface area contributed by atoms with Gasteiger partial charge in [-0.05, 0) is 36.7 Å². The summed E-state index contributed by atoms with van der Waals surface area (Å²) in [6.07, 6.45) is 6.95. The Bertz CT molecular complexity index is 857. The number of aromatic nitrogens is 2. The molecule has 2 bridgehead atoms.